The molecule has 122 valence electrons. The van der Waals surface area contributed by atoms with Crippen LogP contribution in [0.4, 0.5) is 0 Å². The average Bonchev–Trinajstić information content (AvgIpc) is 2.45. The maximum Gasteiger partial charge on any atom is 0.337 e. The Labute approximate surface area is 134 Å². The van der Waals surface area contributed by atoms with E-state index in [0.29, 0.717) is 17.0 Å². The third-order valence-corrected chi connectivity index (χ3v) is 3.52. The van der Waals surface area contributed by atoms with E-state index in [0.717, 1.165) is 0 Å². The molecule has 2 rings (SSSR count). The van der Waals surface area contributed by atoms with E-state index in [1.165, 1.54) is 0 Å². The van der Waals surface area contributed by atoms with Gasteiger partial charge in [0.2, 0.25) is 0 Å². The molecular formula is C16H19N3O4. The van der Waals surface area contributed by atoms with Crippen molar-refractivity contribution >= 4 is 5.97 Å². The number of rotatable bonds is 4. The zero-order valence-electron chi connectivity index (χ0n) is 13.5. The third kappa shape index (κ3) is 3.39. The van der Waals surface area contributed by atoms with E-state index in [9.17, 15) is 14.9 Å². The quantitative estimate of drug-likeness (QED) is 0.521. The maximum absolute atomic E-state index is 12.5. The summed E-state index contributed by atoms with van der Waals surface area (Å²) in [4.78, 5) is 27.5. The van der Waals surface area contributed by atoms with Crippen LogP contribution in [0.1, 0.15) is 39.2 Å². The van der Waals surface area contributed by atoms with E-state index in [2.05, 4.69) is 10.3 Å². The minimum atomic E-state index is -0.791. The number of pyridine rings is 1. The van der Waals surface area contributed by atoms with Gasteiger partial charge in [-0.3, -0.25) is 15.1 Å². The molecule has 1 atom stereocenters. The lowest BCUT2D eigenvalue weighted by Gasteiger charge is -2.26. The van der Waals surface area contributed by atoms with Crippen molar-refractivity contribution in [3.8, 4) is 0 Å². The molecular weight excluding hydrogens is 298 g/mol. The molecule has 23 heavy (non-hydrogen) atoms. The van der Waals surface area contributed by atoms with Crippen LogP contribution in [0.15, 0.2) is 47.2 Å². The first-order valence-electron chi connectivity index (χ1n) is 7.26. The van der Waals surface area contributed by atoms with Crippen molar-refractivity contribution in [1.29, 1.82) is 0 Å². The molecule has 1 aromatic rings. The monoisotopic (exact) mass is 317 g/mol. The molecule has 2 heterocycles. The summed E-state index contributed by atoms with van der Waals surface area (Å²) in [6.07, 6.45) is 2.78. The summed E-state index contributed by atoms with van der Waals surface area (Å²) in [5, 5.41) is 14.5. The second-order valence-corrected chi connectivity index (χ2v) is 5.60. The molecule has 1 aliphatic rings. The Morgan fingerprint density at radius 1 is 1.30 bits per heavy atom. The summed E-state index contributed by atoms with van der Waals surface area (Å²) < 4.78 is 5.28. The third-order valence-electron chi connectivity index (χ3n) is 3.52. The number of dihydropyridines is 1. The molecule has 7 nitrogen and oxygen atoms in total. The summed E-state index contributed by atoms with van der Waals surface area (Å²) in [5.74, 6) is -1.35. The van der Waals surface area contributed by atoms with Gasteiger partial charge in [0.25, 0.3) is 5.70 Å². The maximum atomic E-state index is 12.5. The van der Waals surface area contributed by atoms with E-state index in [1.807, 2.05) is 0 Å². The number of nitro groups is 1. The van der Waals surface area contributed by atoms with E-state index < -0.39 is 16.8 Å². The molecule has 0 aromatic carbocycles. The Balaban J connectivity index is 2.60. The highest BCUT2D eigenvalue weighted by Gasteiger charge is 2.40. The number of nitrogens with one attached hydrogen (secondary N) is 1. The smallest absolute Gasteiger partial charge is 0.337 e. The molecule has 1 aliphatic heterocycles. The number of allylic oxidation sites excluding steroid dienone is 3. The molecule has 0 unspecified atom stereocenters. The first-order chi connectivity index (χ1) is 10.8. The van der Waals surface area contributed by atoms with Gasteiger partial charge in [0.15, 0.2) is 0 Å². The summed E-state index contributed by atoms with van der Waals surface area (Å²) >= 11 is 0. The highest BCUT2D eigenvalue weighted by atomic mass is 16.6. The summed E-state index contributed by atoms with van der Waals surface area (Å²) in [7, 11) is 0. The lowest BCUT2D eigenvalue weighted by molar-refractivity contribution is -0.431. The van der Waals surface area contributed by atoms with Gasteiger partial charge in [0.1, 0.15) is 5.92 Å². The van der Waals surface area contributed by atoms with Crippen molar-refractivity contribution < 1.29 is 14.5 Å². The summed E-state index contributed by atoms with van der Waals surface area (Å²) in [6.45, 7) is 6.81. The minimum absolute atomic E-state index is 0.0579. The van der Waals surface area contributed by atoms with Crippen LogP contribution in [0, 0.1) is 10.1 Å². The van der Waals surface area contributed by atoms with Crippen molar-refractivity contribution in [3.63, 3.8) is 0 Å². The van der Waals surface area contributed by atoms with Crippen molar-refractivity contribution in [1.82, 2.24) is 10.3 Å². The van der Waals surface area contributed by atoms with Crippen molar-refractivity contribution in [3.05, 3.63) is 62.9 Å². The minimum Gasteiger partial charge on any atom is -0.460 e. The van der Waals surface area contributed by atoms with Crippen molar-refractivity contribution in [2.75, 3.05) is 0 Å². The van der Waals surface area contributed by atoms with Gasteiger partial charge in [-0.15, -0.1) is 0 Å². The van der Waals surface area contributed by atoms with Crippen LogP contribution in [-0.4, -0.2) is 22.0 Å². The molecule has 0 bridgehead atoms. The lowest BCUT2D eigenvalue weighted by atomic mass is 9.84. The SMILES string of the molecule is CC1=C(C(=O)OC(C)C)[C@H](c2ccncc2)C([N+](=O)[O-])=C(C)N1. The van der Waals surface area contributed by atoms with Crippen molar-refractivity contribution in [2.24, 2.45) is 0 Å². The van der Waals surface area contributed by atoms with Crippen LogP contribution in [-0.2, 0) is 9.53 Å². The Hall–Kier alpha value is -2.70. The Bertz CT molecular complexity index is 693. The van der Waals surface area contributed by atoms with Crippen LogP contribution in [0.2, 0.25) is 0 Å². The number of ether oxygens (including phenoxy) is 1. The number of aromatic nitrogens is 1. The largest absolute Gasteiger partial charge is 0.460 e. The zero-order valence-corrected chi connectivity index (χ0v) is 13.5. The molecule has 0 fully saturated rings. The molecule has 0 aliphatic carbocycles. The van der Waals surface area contributed by atoms with Gasteiger partial charge in [-0.2, -0.15) is 0 Å². The standard InChI is InChI=1S/C16H19N3O4/c1-9(2)23-16(20)13-10(3)18-11(4)15(19(21)22)14(13)12-5-7-17-8-6-12/h5-9,14,18H,1-4H3/t14-/m0/s1. The van der Waals surface area contributed by atoms with Gasteiger partial charge < -0.3 is 10.1 Å². The molecule has 1 N–H and O–H groups in total. The average molecular weight is 317 g/mol. The zero-order chi connectivity index (χ0) is 17.1. The number of carbonyl (C=O) groups excluding carboxylic acids is 1. The van der Waals surface area contributed by atoms with Gasteiger partial charge in [-0.1, -0.05) is 0 Å². The second-order valence-electron chi connectivity index (χ2n) is 5.60. The fraction of sp³-hybridized carbons (Fsp3) is 0.375. The van der Waals surface area contributed by atoms with Crippen molar-refractivity contribution in [2.45, 2.75) is 39.7 Å². The fourth-order valence-corrected chi connectivity index (χ4v) is 2.65. The number of hydrogen-bond acceptors (Lipinski definition) is 6. The molecule has 7 heteroatoms. The highest BCUT2D eigenvalue weighted by Crippen LogP contribution is 2.38. The van der Waals surface area contributed by atoms with E-state index >= 15 is 0 Å². The van der Waals surface area contributed by atoms with Crippen LogP contribution in [0.3, 0.4) is 0 Å². The van der Waals surface area contributed by atoms with E-state index in [-0.39, 0.29) is 17.4 Å². The number of nitrogens with zero attached hydrogens (tertiary/aromatic N) is 2. The second kappa shape index (κ2) is 6.60. The van der Waals surface area contributed by atoms with Gasteiger partial charge in [0, 0.05) is 18.1 Å². The molecule has 1 aromatic heterocycles. The van der Waals surface area contributed by atoms with Gasteiger partial charge >= 0.3 is 5.97 Å². The normalized spacial score (nSPS) is 18.0. The molecule has 0 spiro atoms. The number of carbonyl (C=O) groups is 1. The number of hydrogen-bond donors (Lipinski definition) is 1. The molecule has 0 saturated carbocycles. The van der Waals surface area contributed by atoms with E-state index in [1.54, 1.807) is 52.2 Å². The highest BCUT2D eigenvalue weighted by molar-refractivity contribution is 5.92. The summed E-state index contributed by atoms with van der Waals surface area (Å²) in [6, 6.07) is 3.34. The van der Waals surface area contributed by atoms with E-state index in [4.69, 9.17) is 4.74 Å². The Kier molecular flexibility index (Phi) is 4.78. The predicted molar refractivity (Wildman–Crippen MR) is 83.7 cm³/mol. The molecule has 0 saturated heterocycles. The first kappa shape index (κ1) is 16.7. The molecule has 0 radical (unpaired) electrons. The van der Waals surface area contributed by atoms with Gasteiger partial charge in [-0.25, -0.2) is 4.79 Å². The first-order valence-corrected chi connectivity index (χ1v) is 7.26. The van der Waals surface area contributed by atoms with Gasteiger partial charge in [-0.05, 0) is 45.4 Å². The topological polar surface area (TPSA) is 94.4 Å². The van der Waals surface area contributed by atoms with Crippen LogP contribution in [0.5, 0.6) is 0 Å². The number of esters is 1. The Morgan fingerprint density at radius 2 is 1.91 bits per heavy atom. The predicted octanol–water partition coefficient (Wildman–Crippen LogP) is 2.50. The molecule has 0 amide bonds. The fourth-order valence-electron chi connectivity index (χ4n) is 2.65. The van der Waals surface area contributed by atoms with Crippen LogP contribution in [0.25, 0.3) is 0 Å². The van der Waals surface area contributed by atoms with Crippen LogP contribution >= 0.6 is 0 Å². The summed E-state index contributed by atoms with van der Waals surface area (Å²) in [5.41, 5.74) is 1.79. The Morgan fingerprint density at radius 3 is 2.43 bits per heavy atom. The lowest BCUT2D eigenvalue weighted by Crippen LogP contribution is -2.32. The van der Waals surface area contributed by atoms with Crippen LogP contribution < -0.4 is 5.32 Å². The van der Waals surface area contributed by atoms with Gasteiger partial charge in [0.05, 0.1) is 22.3 Å².